The number of carboxylic acids is 1. The maximum absolute atomic E-state index is 11.5. The summed E-state index contributed by atoms with van der Waals surface area (Å²) in [5.74, 6) is -0.772. The van der Waals surface area contributed by atoms with Crippen molar-refractivity contribution in [1.29, 1.82) is 0 Å². The van der Waals surface area contributed by atoms with Gasteiger partial charge in [-0.25, -0.2) is 0 Å². The van der Waals surface area contributed by atoms with Gasteiger partial charge in [0.15, 0.2) is 0 Å². The summed E-state index contributed by atoms with van der Waals surface area (Å²) in [6.45, 7) is 0. The molecule has 0 saturated heterocycles. The number of hydrogen-bond acceptors (Lipinski definition) is 2. The van der Waals surface area contributed by atoms with E-state index in [-0.39, 0.29) is 0 Å². The maximum atomic E-state index is 11.5. The molecule has 1 heterocycles. The van der Waals surface area contributed by atoms with Gasteiger partial charge in [0, 0.05) is 23.1 Å². The zero-order valence-electron chi connectivity index (χ0n) is 10.0. The second-order valence-corrected chi connectivity index (χ2v) is 5.08. The highest BCUT2D eigenvalue weighted by atomic mass is 16.4. The standard InChI is InChI=1S/C14H16N2O2/c15-12(14(13(17)18)6-3-7-14)10-8-16-11-5-2-1-4-9(10)11/h1-2,4-5,8,12,16H,3,6-7,15H2,(H,17,18). The molecule has 1 fully saturated rings. The van der Waals surface area contributed by atoms with E-state index in [0.29, 0.717) is 12.8 Å². The van der Waals surface area contributed by atoms with Crippen molar-refractivity contribution in [2.75, 3.05) is 0 Å². The zero-order valence-corrected chi connectivity index (χ0v) is 10.0. The van der Waals surface area contributed by atoms with Crippen LogP contribution < -0.4 is 5.73 Å². The molecule has 1 aromatic heterocycles. The minimum atomic E-state index is -0.773. The molecule has 1 aliphatic carbocycles. The number of para-hydroxylation sites is 1. The topological polar surface area (TPSA) is 79.1 Å². The summed E-state index contributed by atoms with van der Waals surface area (Å²) in [6, 6.07) is 7.40. The predicted octanol–water partition coefficient (Wildman–Crippen LogP) is 2.42. The van der Waals surface area contributed by atoms with E-state index in [2.05, 4.69) is 4.98 Å². The molecule has 2 aromatic rings. The van der Waals surface area contributed by atoms with Crippen molar-refractivity contribution >= 4 is 16.9 Å². The number of carbonyl (C=O) groups is 1. The lowest BCUT2D eigenvalue weighted by atomic mass is 9.62. The van der Waals surface area contributed by atoms with Crippen molar-refractivity contribution in [3.8, 4) is 0 Å². The summed E-state index contributed by atoms with van der Waals surface area (Å²) >= 11 is 0. The van der Waals surface area contributed by atoms with Gasteiger partial charge in [-0.15, -0.1) is 0 Å². The first-order chi connectivity index (χ1) is 8.65. The predicted molar refractivity (Wildman–Crippen MR) is 69.1 cm³/mol. The van der Waals surface area contributed by atoms with E-state index < -0.39 is 17.4 Å². The normalized spacial score (nSPS) is 19.4. The summed E-state index contributed by atoms with van der Waals surface area (Å²) < 4.78 is 0. The smallest absolute Gasteiger partial charge is 0.311 e. The van der Waals surface area contributed by atoms with Gasteiger partial charge in [-0.3, -0.25) is 4.79 Å². The van der Waals surface area contributed by atoms with Crippen LogP contribution in [0.4, 0.5) is 0 Å². The van der Waals surface area contributed by atoms with Gasteiger partial charge < -0.3 is 15.8 Å². The van der Waals surface area contributed by atoms with E-state index in [9.17, 15) is 9.90 Å². The lowest BCUT2D eigenvalue weighted by Crippen LogP contribution is -2.46. The lowest BCUT2D eigenvalue weighted by Gasteiger charge is -2.42. The van der Waals surface area contributed by atoms with Gasteiger partial charge >= 0.3 is 5.97 Å². The Morgan fingerprint density at radius 2 is 2.11 bits per heavy atom. The van der Waals surface area contributed by atoms with Gasteiger partial charge in [0.2, 0.25) is 0 Å². The molecule has 0 radical (unpaired) electrons. The van der Waals surface area contributed by atoms with Gasteiger partial charge in [-0.05, 0) is 24.5 Å². The molecule has 1 aromatic carbocycles. The van der Waals surface area contributed by atoms with Crippen molar-refractivity contribution in [1.82, 2.24) is 4.98 Å². The summed E-state index contributed by atoms with van der Waals surface area (Å²) in [4.78, 5) is 14.6. The SMILES string of the molecule is NC(c1c[nH]c2ccccc12)C1(C(=O)O)CCC1. The van der Waals surface area contributed by atoms with Crippen LogP contribution in [0.25, 0.3) is 10.9 Å². The minimum absolute atomic E-state index is 0.445. The fourth-order valence-electron chi connectivity index (χ4n) is 2.86. The Bertz CT molecular complexity index is 599. The van der Waals surface area contributed by atoms with Crippen LogP contribution in [-0.2, 0) is 4.79 Å². The molecule has 4 N–H and O–H groups in total. The number of rotatable bonds is 3. The van der Waals surface area contributed by atoms with Crippen LogP contribution >= 0.6 is 0 Å². The molecule has 0 aliphatic heterocycles. The monoisotopic (exact) mass is 244 g/mol. The third-order valence-electron chi connectivity index (χ3n) is 4.22. The Hall–Kier alpha value is -1.81. The van der Waals surface area contributed by atoms with Crippen molar-refractivity contribution in [2.24, 2.45) is 11.1 Å². The molecule has 0 amide bonds. The number of carboxylic acid groups (broad SMARTS) is 1. The highest BCUT2D eigenvalue weighted by Crippen LogP contribution is 2.50. The highest BCUT2D eigenvalue weighted by Gasteiger charge is 2.50. The molecular formula is C14H16N2O2. The number of aromatic amines is 1. The minimum Gasteiger partial charge on any atom is -0.481 e. The lowest BCUT2D eigenvalue weighted by molar-refractivity contribution is -0.156. The van der Waals surface area contributed by atoms with Gasteiger partial charge in [0.05, 0.1) is 5.41 Å². The van der Waals surface area contributed by atoms with Gasteiger partial charge in [-0.1, -0.05) is 24.6 Å². The molecule has 0 bridgehead atoms. The van der Waals surface area contributed by atoms with Crippen LogP contribution in [0.2, 0.25) is 0 Å². The average molecular weight is 244 g/mol. The number of aromatic nitrogens is 1. The highest BCUT2D eigenvalue weighted by molar-refractivity contribution is 5.85. The number of H-pyrrole nitrogens is 1. The summed E-state index contributed by atoms with van der Waals surface area (Å²) in [5, 5.41) is 10.5. The van der Waals surface area contributed by atoms with E-state index in [0.717, 1.165) is 22.9 Å². The maximum Gasteiger partial charge on any atom is 0.311 e. The van der Waals surface area contributed by atoms with Crippen LogP contribution in [0.3, 0.4) is 0 Å². The molecule has 4 heteroatoms. The first kappa shape index (κ1) is 11.3. The number of fused-ring (bicyclic) bond motifs is 1. The van der Waals surface area contributed by atoms with Crippen LogP contribution in [0, 0.1) is 5.41 Å². The number of aliphatic carboxylic acids is 1. The quantitative estimate of drug-likeness (QED) is 0.775. The van der Waals surface area contributed by atoms with Crippen LogP contribution in [0.5, 0.6) is 0 Å². The first-order valence-electron chi connectivity index (χ1n) is 6.20. The molecule has 18 heavy (non-hydrogen) atoms. The largest absolute Gasteiger partial charge is 0.481 e. The van der Waals surface area contributed by atoms with Gasteiger partial charge in [0.25, 0.3) is 0 Å². The average Bonchev–Trinajstić information content (AvgIpc) is 2.70. The Morgan fingerprint density at radius 3 is 2.72 bits per heavy atom. The summed E-state index contributed by atoms with van der Waals surface area (Å²) in [5.41, 5.74) is 7.39. The Kier molecular flexibility index (Phi) is 2.41. The molecule has 3 rings (SSSR count). The molecule has 1 aliphatic rings. The van der Waals surface area contributed by atoms with Crippen molar-refractivity contribution < 1.29 is 9.90 Å². The van der Waals surface area contributed by atoms with Crippen molar-refractivity contribution in [3.63, 3.8) is 0 Å². The van der Waals surface area contributed by atoms with E-state index in [1.807, 2.05) is 30.5 Å². The first-order valence-corrected chi connectivity index (χ1v) is 6.20. The van der Waals surface area contributed by atoms with Crippen LogP contribution in [-0.4, -0.2) is 16.1 Å². The third kappa shape index (κ3) is 1.39. The number of benzene rings is 1. The van der Waals surface area contributed by atoms with E-state index in [4.69, 9.17) is 5.73 Å². The Labute approximate surface area is 105 Å². The van der Waals surface area contributed by atoms with Crippen molar-refractivity contribution in [3.05, 3.63) is 36.0 Å². The molecular weight excluding hydrogens is 228 g/mol. The van der Waals surface area contributed by atoms with Crippen LogP contribution in [0.1, 0.15) is 30.9 Å². The van der Waals surface area contributed by atoms with E-state index in [1.54, 1.807) is 0 Å². The Balaban J connectivity index is 2.06. The number of hydrogen-bond donors (Lipinski definition) is 3. The van der Waals surface area contributed by atoms with Gasteiger partial charge in [0.1, 0.15) is 0 Å². The van der Waals surface area contributed by atoms with Crippen LogP contribution in [0.15, 0.2) is 30.5 Å². The molecule has 1 unspecified atom stereocenters. The second-order valence-electron chi connectivity index (χ2n) is 5.08. The molecule has 1 atom stereocenters. The number of nitrogens with one attached hydrogen (secondary N) is 1. The van der Waals surface area contributed by atoms with E-state index >= 15 is 0 Å². The second kappa shape index (κ2) is 3.85. The van der Waals surface area contributed by atoms with Crippen molar-refractivity contribution in [2.45, 2.75) is 25.3 Å². The van der Waals surface area contributed by atoms with E-state index in [1.165, 1.54) is 0 Å². The molecule has 1 saturated carbocycles. The molecule has 0 spiro atoms. The number of nitrogens with two attached hydrogens (primary N) is 1. The summed E-state index contributed by atoms with van der Waals surface area (Å²) in [7, 11) is 0. The fourth-order valence-corrected chi connectivity index (χ4v) is 2.86. The van der Waals surface area contributed by atoms with Gasteiger partial charge in [-0.2, -0.15) is 0 Å². The fraction of sp³-hybridized carbons (Fsp3) is 0.357. The Morgan fingerprint density at radius 1 is 1.39 bits per heavy atom. The summed E-state index contributed by atoms with van der Waals surface area (Å²) in [6.07, 6.45) is 4.13. The zero-order chi connectivity index (χ0) is 12.8. The third-order valence-corrected chi connectivity index (χ3v) is 4.22. The molecule has 94 valence electrons. The molecule has 4 nitrogen and oxygen atoms in total.